The van der Waals surface area contributed by atoms with E-state index in [9.17, 15) is 4.79 Å². The van der Waals surface area contributed by atoms with Gasteiger partial charge in [0.2, 0.25) is 5.91 Å². The fourth-order valence-electron chi connectivity index (χ4n) is 3.21. The fourth-order valence-corrected chi connectivity index (χ4v) is 3.21. The van der Waals surface area contributed by atoms with E-state index in [1.54, 1.807) is 0 Å². The SMILES string of the molecule is CCOc1ccc(CCC(=O)NC(C)c2ccc(C)cc2C)cc1OCC. The Balaban J connectivity index is 1.95. The number of ether oxygens (including phenoxy) is 2. The van der Waals surface area contributed by atoms with Crippen LogP contribution in [0.4, 0.5) is 0 Å². The summed E-state index contributed by atoms with van der Waals surface area (Å²) < 4.78 is 11.2. The zero-order valence-electron chi connectivity index (χ0n) is 17.1. The van der Waals surface area contributed by atoms with Crippen molar-refractivity contribution >= 4 is 5.91 Å². The molecule has 0 spiro atoms. The largest absolute Gasteiger partial charge is 0.490 e. The molecule has 0 heterocycles. The third-order valence-corrected chi connectivity index (χ3v) is 4.52. The number of aryl methyl sites for hydroxylation is 3. The number of nitrogens with one attached hydrogen (secondary N) is 1. The van der Waals surface area contributed by atoms with Crippen LogP contribution in [0, 0.1) is 13.8 Å². The normalized spacial score (nSPS) is 11.7. The number of amides is 1. The Kier molecular flexibility index (Phi) is 7.71. The van der Waals surface area contributed by atoms with E-state index in [1.807, 2.05) is 39.0 Å². The molecule has 2 aromatic rings. The Morgan fingerprint density at radius 3 is 2.37 bits per heavy atom. The zero-order chi connectivity index (χ0) is 19.8. The van der Waals surface area contributed by atoms with E-state index in [4.69, 9.17) is 9.47 Å². The second kappa shape index (κ2) is 10.0. The van der Waals surface area contributed by atoms with Crippen molar-refractivity contribution in [3.8, 4) is 11.5 Å². The number of rotatable bonds is 9. The van der Waals surface area contributed by atoms with Crippen LogP contribution in [0.15, 0.2) is 36.4 Å². The molecule has 0 saturated heterocycles. The summed E-state index contributed by atoms with van der Waals surface area (Å²) in [5.74, 6) is 1.53. The average molecular weight is 370 g/mol. The molecule has 1 unspecified atom stereocenters. The smallest absolute Gasteiger partial charge is 0.220 e. The predicted octanol–water partition coefficient (Wildman–Crippen LogP) is 4.91. The molecule has 0 fully saturated rings. The summed E-state index contributed by atoms with van der Waals surface area (Å²) in [6.07, 6.45) is 1.10. The van der Waals surface area contributed by atoms with E-state index in [0.717, 1.165) is 22.6 Å². The van der Waals surface area contributed by atoms with Crippen LogP contribution in [-0.2, 0) is 11.2 Å². The van der Waals surface area contributed by atoms with E-state index >= 15 is 0 Å². The molecule has 2 aromatic carbocycles. The molecule has 0 bridgehead atoms. The number of carbonyl (C=O) groups is 1. The first-order chi connectivity index (χ1) is 12.9. The highest BCUT2D eigenvalue weighted by Crippen LogP contribution is 2.29. The third kappa shape index (κ3) is 6.02. The van der Waals surface area contributed by atoms with Gasteiger partial charge in [0.05, 0.1) is 19.3 Å². The van der Waals surface area contributed by atoms with E-state index in [2.05, 4.69) is 37.4 Å². The predicted molar refractivity (Wildman–Crippen MR) is 110 cm³/mol. The molecule has 1 amide bonds. The quantitative estimate of drug-likeness (QED) is 0.683. The van der Waals surface area contributed by atoms with Crippen LogP contribution in [0.25, 0.3) is 0 Å². The van der Waals surface area contributed by atoms with Gasteiger partial charge in [-0.25, -0.2) is 0 Å². The molecule has 1 N–H and O–H groups in total. The van der Waals surface area contributed by atoms with Crippen molar-refractivity contribution in [2.24, 2.45) is 0 Å². The van der Waals surface area contributed by atoms with E-state index in [-0.39, 0.29) is 11.9 Å². The maximum atomic E-state index is 12.4. The molecule has 0 aromatic heterocycles. The van der Waals surface area contributed by atoms with E-state index < -0.39 is 0 Å². The second-order valence-corrected chi connectivity index (χ2v) is 6.80. The Morgan fingerprint density at radius 1 is 1.00 bits per heavy atom. The fraction of sp³-hybridized carbons (Fsp3) is 0.435. The van der Waals surface area contributed by atoms with Gasteiger partial charge < -0.3 is 14.8 Å². The first-order valence-corrected chi connectivity index (χ1v) is 9.69. The van der Waals surface area contributed by atoms with Crippen LogP contribution in [0.5, 0.6) is 11.5 Å². The molecular weight excluding hydrogens is 338 g/mol. The number of carbonyl (C=O) groups excluding carboxylic acids is 1. The second-order valence-electron chi connectivity index (χ2n) is 6.80. The number of hydrogen-bond acceptors (Lipinski definition) is 3. The Morgan fingerprint density at radius 2 is 1.70 bits per heavy atom. The zero-order valence-corrected chi connectivity index (χ0v) is 17.1. The molecule has 0 aliphatic carbocycles. The van der Waals surface area contributed by atoms with Crippen LogP contribution >= 0.6 is 0 Å². The minimum absolute atomic E-state index is 0.00239. The van der Waals surface area contributed by atoms with E-state index in [0.29, 0.717) is 26.1 Å². The first kappa shape index (κ1) is 20.8. The molecule has 146 valence electrons. The highest BCUT2D eigenvalue weighted by atomic mass is 16.5. The highest BCUT2D eigenvalue weighted by Gasteiger charge is 2.13. The lowest BCUT2D eigenvalue weighted by Gasteiger charge is -2.17. The van der Waals surface area contributed by atoms with Gasteiger partial charge in [0.25, 0.3) is 0 Å². The molecule has 4 heteroatoms. The standard InChI is InChI=1S/C23H31NO3/c1-6-26-21-12-9-19(15-22(21)27-7-2)10-13-23(25)24-18(5)20-11-8-16(3)14-17(20)4/h8-9,11-12,14-15,18H,6-7,10,13H2,1-5H3,(H,24,25). The van der Waals surface area contributed by atoms with Gasteiger partial charge in [0.15, 0.2) is 11.5 Å². The summed E-state index contributed by atoms with van der Waals surface area (Å²) in [5.41, 5.74) is 4.66. The summed E-state index contributed by atoms with van der Waals surface area (Å²) in [7, 11) is 0. The van der Waals surface area contributed by atoms with Crippen molar-refractivity contribution in [2.75, 3.05) is 13.2 Å². The first-order valence-electron chi connectivity index (χ1n) is 9.69. The Bertz CT molecular complexity index is 770. The van der Waals surface area contributed by atoms with Gasteiger partial charge in [-0.05, 0) is 69.9 Å². The van der Waals surface area contributed by atoms with Gasteiger partial charge in [0, 0.05) is 6.42 Å². The maximum absolute atomic E-state index is 12.4. The monoisotopic (exact) mass is 369 g/mol. The van der Waals surface area contributed by atoms with Gasteiger partial charge in [0.1, 0.15) is 0 Å². The Hall–Kier alpha value is -2.49. The number of hydrogen-bond donors (Lipinski definition) is 1. The third-order valence-electron chi connectivity index (χ3n) is 4.52. The topological polar surface area (TPSA) is 47.6 Å². The Labute approximate surface area is 162 Å². The van der Waals surface area contributed by atoms with Crippen molar-refractivity contribution in [1.82, 2.24) is 5.32 Å². The lowest BCUT2D eigenvalue weighted by Crippen LogP contribution is -2.27. The van der Waals surface area contributed by atoms with Crippen LogP contribution in [0.1, 0.15) is 55.5 Å². The molecule has 1 atom stereocenters. The van der Waals surface area contributed by atoms with Gasteiger partial charge in [-0.1, -0.05) is 29.8 Å². The van der Waals surface area contributed by atoms with Crippen molar-refractivity contribution in [2.45, 2.75) is 53.5 Å². The van der Waals surface area contributed by atoms with E-state index in [1.165, 1.54) is 11.1 Å². The lowest BCUT2D eigenvalue weighted by molar-refractivity contribution is -0.121. The summed E-state index contributed by atoms with van der Waals surface area (Å²) in [6, 6.07) is 12.2. The number of benzene rings is 2. The van der Waals surface area contributed by atoms with Gasteiger partial charge in [-0.15, -0.1) is 0 Å². The summed E-state index contributed by atoms with van der Waals surface area (Å²) >= 11 is 0. The van der Waals surface area contributed by atoms with Crippen LogP contribution < -0.4 is 14.8 Å². The van der Waals surface area contributed by atoms with Gasteiger partial charge >= 0.3 is 0 Å². The van der Waals surface area contributed by atoms with Crippen molar-refractivity contribution in [3.63, 3.8) is 0 Å². The molecule has 0 aliphatic rings. The highest BCUT2D eigenvalue weighted by molar-refractivity contribution is 5.76. The van der Waals surface area contributed by atoms with Crippen LogP contribution in [-0.4, -0.2) is 19.1 Å². The summed E-state index contributed by atoms with van der Waals surface area (Å²) in [4.78, 5) is 12.4. The lowest BCUT2D eigenvalue weighted by atomic mass is 10.00. The summed E-state index contributed by atoms with van der Waals surface area (Å²) in [6.45, 7) is 11.3. The van der Waals surface area contributed by atoms with Crippen LogP contribution in [0.3, 0.4) is 0 Å². The minimum atomic E-state index is -0.00239. The van der Waals surface area contributed by atoms with Crippen molar-refractivity contribution in [3.05, 3.63) is 58.7 Å². The average Bonchev–Trinajstić information content (AvgIpc) is 2.62. The molecule has 0 radical (unpaired) electrons. The molecule has 0 saturated carbocycles. The molecule has 2 rings (SSSR count). The van der Waals surface area contributed by atoms with Crippen molar-refractivity contribution in [1.29, 1.82) is 0 Å². The molecule has 0 aliphatic heterocycles. The summed E-state index contributed by atoms with van der Waals surface area (Å²) in [5, 5.41) is 3.10. The van der Waals surface area contributed by atoms with Crippen LogP contribution in [0.2, 0.25) is 0 Å². The molecule has 27 heavy (non-hydrogen) atoms. The maximum Gasteiger partial charge on any atom is 0.220 e. The van der Waals surface area contributed by atoms with Gasteiger partial charge in [-0.3, -0.25) is 4.79 Å². The van der Waals surface area contributed by atoms with Gasteiger partial charge in [-0.2, -0.15) is 0 Å². The molecule has 4 nitrogen and oxygen atoms in total. The minimum Gasteiger partial charge on any atom is -0.490 e. The molecular formula is C23H31NO3. The van der Waals surface area contributed by atoms with Crippen molar-refractivity contribution < 1.29 is 14.3 Å².